The maximum Gasteiger partial charge on any atom is 0.314 e. The highest BCUT2D eigenvalue weighted by Crippen LogP contribution is 2.43. The Morgan fingerprint density at radius 1 is 0.909 bits per heavy atom. The second-order valence-electron chi connectivity index (χ2n) is 10.3. The summed E-state index contributed by atoms with van der Waals surface area (Å²) < 4.78 is 48.4. The minimum absolute atomic E-state index is 0.0514. The third-order valence-electron chi connectivity index (χ3n) is 7.99. The van der Waals surface area contributed by atoms with Crippen LogP contribution in [0.3, 0.4) is 0 Å². The van der Waals surface area contributed by atoms with Gasteiger partial charge in [-0.25, -0.2) is 13.2 Å². The van der Waals surface area contributed by atoms with E-state index in [-0.39, 0.29) is 17.6 Å². The van der Waals surface area contributed by atoms with Crippen molar-refractivity contribution in [2.45, 2.75) is 116 Å². The molecule has 2 aliphatic rings. The molecule has 0 aliphatic heterocycles. The van der Waals surface area contributed by atoms with Crippen molar-refractivity contribution in [2.75, 3.05) is 0 Å². The molecule has 2 fully saturated rings. The van der Waals surface area contributed by atoms with Crippen LogP contribution in [0.2, 0.25) is 0 Å². The zero-order chi connectivity index (χ0) is 23.8. The maximum atomic E-state index is 15.2. The average Bonchev–Trinajstić information content (AvgIpc) is 2.81. The van der Waals surface area contributed by atoms with Crippen molar-refractivity contribution >= 4 is 5.97 Å². The second kappa shape index (κ2) is 12.8. The van der Waals surface area contributed by atoms with Gasteiger partial charge in [-0.15, -0.1) is 0 Å². The number of hydrogen-bond donors (Lipinski definition) is 0. The Kier molecular flexibility index (Phi) is 10.1. The van der Waals surface area contributed by atoms with E-state index in [1.165, 1.54) is 31.7 Å². The minimum Gasteiger partial charge on any atom is -0.423 e. The van der Waals surface area contributed by atoms with E-state index in [1.807, 2.05) is 0 Å². The first-order valence-corrected chi connectivity index (χ1v) is 13.3. The Morgan fingerprint density at radius 3 is 2.15 bits per heavy atom. The van der Waals surface area contributed by atoms with E-state index in [4.69, 9.17) is 4.74 Å². The lowest BCUT2D eigenvalue weighted by atomic mass is 9.76. The Balaban J connectivity index is 1.64. The molecule has 2 saturated carbocycles. The minimum atomic E-state index is -2.93. The number of unbranched alkanes of at least 4 members (excludes halogenated alkanes) is 2. The molecule has 0 unspecified atom stereocenters. The molecule has 0 N–H and O–H groups in total. The first-order chi connectivity index (χ1) is 15.9. The fourth-order valence-corrected chi connectivity index (χ4v) is 5.98. The summed E-state index contributed by atoms with van der Waals surface area (Å²) >= 11 is 0. The molecule has 186 valence electrons. The van der Waals surface area contributed by atoms with Gasteiger partial charge in [-0.3, -0.25) is 4.79 Å². The summed E-state index contributed by atoms with van der Waals surface area (Å²) in [6, 6.07) is 2.97. The Morgan fingerprint density at radius 2 is 1.55 bits per heavy atom. The van der Waals surface area contributed by atoms with Gasteiger partial charge in [0.25, 0.3) is 6.43 Å². The number of esters is 1. The van der Waals surface area contributed by atoms with E-state index in [1.54, 1.807) is 6.07 Å². The molecular formula is C28H41F3O2. The summed E-state index contributed by atoms with van der Waals surface area (Å²) in [6.45, 7) is 4.35. The van der Waals surface area contributed by atoms with Crippen molar-refractivity contribution in [2.24, 2.45) is 17.8 Å². The fourth-order valence-electron chi connectivity index (χ4n) is 5.98. The zero-order valence-electron chi connectivity index (χ0n) is 20.4. The van der Waals surface area contributed by atoms with Crippen LogP contribution in [-0.4, -0.2) is 5.97 Å². The molecule has 2 nitrogen and oxygen atoms in total. The zero-order valence-corrected chi connectivity index (χ0v) is 20.4. The largest absolute Gasteiger partial charge is 0.423 e. The second-order valence-corrected chi connectivity index (χ2v) is 10.3. The summed E-state index contributed by atoms with van der Waals surface area (Å²) in [5, 5.41) is 0. The fraction of sp³-hybridized carbons (Fsp3) is 0.750. The molecule has 33 heavy (non-hydrogen) atoms. The molecule has 1 aromatic carbocycles. The molecule has 0 spiro atoms. The van der Waals surface area contributed by atoms with Crippen molar-refractivity contribution in [3.63, 3.8) is 0 Å². The van der Waals surface area contributed by atoms with Gasteiger partial charge in [-0.1, -0.05) is 58.4 Å². The van der Waals surface area contributed by atoms with Crippen molar-refractivity contribution in [1.29, 1.82) is 0 Å². The van der Waals surface area contributed by atoms with Gasteiger partial charge in [0.1, 0.15) is 0 Å². The predicted molar refractivity (Wildman–Crippen MR) is 126 cm³/mol. The molecule has 1 aromatic rings. The Hall–Kier alpha value is -1.52. The van der Waals surface area contributed by atoms with Crippen molar-refractivity contribution in [1.82, 2.24) is 0 Å². The van der Waals surface area contributed by atoms with E-state index < -0.39 is 23.8 Å². The Labute approximate surface area is 197 Å². The number of ether oxygens (including phenoxy) is 1. The molecule has 0 bridgehead atoms. The number of halogens is 3. The van der Waals surface area contributed by atoms with Gasteiger partial charge in [0.15, 0.2) is 11.6 Å². The first-order valence-electron chi connectivity index (χ1n) is 13.3. The van der Waals surface area contributed by atoms with Crippen LogP contribution in [0.1, 0.15) is 127 Å². The van der Waals surface area contributed by atoms with E-state index in [0.717, 1.165) is 64.2 Å². The van der Waals surface area contributed by atoms with Crippen molar-refractivity contribution in [3.8, 4) is 5.75 Å². The Bertz CT molecular complexity index is 748. The van der Waals surface area contributed by atoms with E-state index >= 15 is 4.39 Å². The normalized spacial score (nSPS) is 25.9. The third-order valence-corrected chi connectivity index (χ3v) is 7.99. The van der Waals surface area contributed by atoms with Gasteiger partial charge < -0.3 is 4.74 Å². The van der Waals surface area contributed by atoms with Gasteiger partial charge in [0, 0.05) is 0 Å². The standard InChI is InChI=1S/C28H41F3O2/c1-3-5-6-8-20-9-13-21(14-10-20)23-17-18-24(26(29)25(23)27(30)31)33-28(32)22-15-11-19(7-4-2)12-16-22/h17-22,27H,3-16H2,1-2H3. The van der Waals surface area contributed by atoms with E-state index in [2.05, 4.69) is 13.8 Å². The molecule has 5 heteroatoms. The molecule has 0 atom stereocenters. The lowest BCUT2D eigenvalue weighted by Gasteiger charge is -2.30. The molecule has 3 rings (SSSR count). The smallest absolute Gasteiger partial charge is 0.314 e. The van der Waals surface area contributed by atoms with Gasteiger partial charge in [-0.05, 0) is 80.8 Å². The van der Waals surface area contributed by atoms with E-state index in [9.17, 15) is 13.6 Å². The van der Waals surface area contributed by atoms with Gasteiger partial charge in [0.05, 0.1) is 11.5 Å². The van der Waals surface area contributed by atoms with Gasteiger partial charge in [-0.2, -0.15) is 0 Å². The lowest BCUT2D eigenvalue weighted by molar-refractivity contribution is -0.140. The van der Waals surface area contributed by atoms with Crippen molar-refractivity contribution < 1.29 is 22.7 Å². The van der Waals surface area contributed by atoms with Gasteiger partial charge in [0.2, 0.25) is 0 Å². The predicted octanol–water partition coefficient (Wildman–Crippen LogP) is 9.13. The van der Waals surface area contributed by atoms with E-state index in [0.29, 0.717) is 17.4 Å². The topological polar surface area (TPSA) is 26.3 Å². The van der Waals surface area contributed by atoms with Crippen LogP contribution in [-0.2, 0) is 4.79 Å². The summed E-state index contributed by atoms with van der Waals surface area (Å²) in [7, 11) is 0. The van der Waals surface area contributed by atoms with Crippen LogP contribution in [0.25, 0.3) is 0 Å². The summed E-state index contributed by atoms with van der Waals surface area (Å²) in [5.41, 5.74) is -0.171. The SMILES string of the molecule is CCCCCC1CCC(c2ccc(OC(=O)C3CCC(CCC)CC3)c(F)c2C(F)F)CC1. The quantitative estimate of drug-likeness (QED) is 0.195. The van der Waals surface area contributed by atoms with Crippen LogP contribution in [0.4, 0.5) is 13.2 Å². The molecule has 0 amide bonds. The molecule has 0 radical (unpaired) electrons. The average molecular weight is 467 g/mol. The molecular weight excluding hydrogens is 425 g/mol. The van der Waals surface area contributed by atoms with Gasteiger partial charge >= 0.3 is 5.97 Å². The van der Waals surface area contributed by atoms with Crippen LogP contribution < -0.4 is 4.74 Å². The highest BCUT2D eigenvalue weighted by Gasteiger charge is 2.32. The number of hydrogen-bond acceptors (Lipinski definition) is 2. The monoisotopic (exact) mass is 466 g/mol. The molecule has 0 heterocycles. The third kappa shape index (κ3) is 6.99. The number of carbonyl (C=O) groups is 1. The lowest BCUT2D eigenvalue weighted by Crippen LogP contribution is -2.26. The molecule has 0 saturated heterocycles. The summed E-state index contributed by atoms with van der Waals surface area (Å²) in [4.78, 5) is 12.6. The first kappa shape index (κ1) is 26.1. The van der Waals surface area contributed by atoms with Crippen molar-refractivity contribution in [3.05, 3.63) is 29.1 Å². The molecule has 0 aromatic heterocycles. The molecule has 2 aliphatic carbocycles. The van der Waals surface area contributed by atoms with Crippen LogP contribution in [0, 0.1) is 23.6 Å². The maximum absolute atomic E-state index is 15.2. The number of benzene rings is 1. The highest BCUT2D eigenvalue weighted by atomic mass is 19.3. The number of rotatable bonds is 10. The van der Waals surface area contributed by atoms with Crippen LogP contribution in [0.5, 0.6) is 5.75 Å². The van der Waals surface area contributed by atoms with Crippen LogP contribution >= 0.6 is 0 Å². The number of carbonyl (C=O) groups excluding carboxylic acids is 1. The summed E-state index contributed by atoms with van der Waals surface area (Å²) in [6.07, 6.45) is 11.3. The van der Waals surface area contributed by atoms with Crippen LogP contribution in [0.15, 0.2) is 12.1 Å². The summed E-state index contributed by atoms with van der Waals surface area (Å²) in [5.74, 6) is -0.907. The highest BCUT2D eigenvalue weighted by molar-refractivity contribution is 5.75. The number of alkyl halides is 2.